The zero-order chi connectivity index (χ0) is 74.1. The van der Waals surface area contributed by atoms with E-state index in [-0.39, 0.29) is 25.7 Å². The minimum Gasteiger partial charge on any atom is -0.462 e. The minimum absolute atomic E-state index is 0.108. The van der Waals surface area contributed by atoms with E-state index in [4.69, 9.17) is 37.0 Å². The number of aliphatic hydroxyl groups is 1. The third-order valence-electron chi connectivity index (χ3n) is 19.3. The van der Waals surface area contributed by atoms with Crippen LogP contribution in [0.15, 0.2) is 0 Å². The summed E-state index contributed by atoms with van der Waals surface area (Å²) in [7, 11) is -9.92. The fourth-order valence-corrected chi connectivity index (χ4v) is 14.3. The number of hydrogen-bond acceptors (Lipinski definition) is 15. The van der Waals surface area contributed by atoms with Crippen LogP contribution in [-0.2, 0) is 65.4 Å². The fourth-order valence-electron chi connectivity index (χ4n) is 12.8. The Kier molecular flexibility index (Phi) is 73.5. The number of phosphoric ester groups is 2. The summed E-state index contributed by atoms with van der Waals surface area (Å²) >= 11 is 0. The molecule has 0 aromatic carbocycles. The summed E-state index contributed by atoms with van der Waals surface area (Å²) in [5.41, 5.74) is 0. The summed E-state index contributed by atoms with van der Waals surface area (Å²) in [6, 6.07) is 0. The second-order valence-electron chi connectivity index (χ2n) is 30.0. The predicted molar refractivity (Wildman–Crippen MR) is 414 cm³/mol. The molecule has 5 atom stereocenters. The first-order valence-corrected chi connectivity index (χ1v) is 45.6. The second kappa shape index (κ2) is 74.9. The van der Waals surface area contributed by atoms with Crippen molar-refractivity contribution in [2.75, 3.05) is 39.6 Å². The van der Waals surface area contributed by atoms with Crippen molar-refractivity contribution < 1.29 is 80.2 Å². The third-order valence-corrected chi connectivity index (χ3v) is 21.2. The lowest BCUT2D eigenvalue weighted by Crippen LogP contribution is -2.30. The van der Waals surface area contributed by atoms with Gasteiger partial charge in [0.15, 0.2) is 12.2 Å². The van der Waals surface area contributed by atoms with Gasteiger partial charge >= 0.3 is 39.5 Å². The summed E-state index contributed by atoms with van der Waals surface area (Å²) < 4.78 is 68.7. The van der Waals surface area contributed by atoms with Crippen LogP contribution < -0.4 is 0 Å². The Balaban J connectivity index is 5.20. The molecule has 0 bridgehead atoms. The van der Waals surface area contributed by atoms with Gasteiger partial charge in [-0.15, -0.1) is 0 Å². The molecule has 0 aromatic heterocycles. The standard InChI is InChI=1S/C82H160O17P2/c1-6-9-12-15-18-21-23-25-27-29-31-33-35-39-43-47-52-57-62-67-82(87)99-78(72-93-80(85)66-61-56-51-46-42-38-34-32-30-28-26-24-22-19-16-13-10-7-2)74-97-101(90,91)95-70-76(83)69-94-100(88,89)96-73-77(71-92-79(84)65-60-55-50-20-17-14-11-8-3)98-81(86)68-63-58-53-48-44-40-36-37-41-45-49-54-59-64-75(4)5/h75-78,83H,6-74H2,1-5H3,(H,88,89)(H,90,91)/t76-,77+,78+/m0/s1. The van der Waals surface area contributed by atoms with Gasteiger partial charge in [0.05, 0.1) is 26.4 Å². The van der Waals surface area contributed by atoms with Gasteiger partial charge in [0, 0.05) is 25.7 Å². The third kappa shape index (κ3) is 76.1. The van der Waals surface area contributed by atoms with Gasteiger partial charge in [-0.1, -0.05) is 388 Å². The Hall–Kier alpha value is -1.94. The topological polar surface area (TPSA) is 237 Å². The monoisotopic (exact) mass is 1480 g/mol. The van der Waals surface area contributed by atoms with Crippen LogP contribution in [0.25, 0.3) is 0 Å². The lowest BCUT2D eigenvalue weighted by atomic mass is 10.0. The molecule has 2 unspecified atom stereocenters. The van der Waals surface area contributed by atoms with Gasteiger partial charge in [0.25, 0.3) is 0 Å². The molecule has 600 valence electrons. The maximum Gasteiger partial charge on any atom is 0.472 e. The smallest absolute Gasteiger partial charge is 0.462 e. The number of carbonyl (C=O) groups excluding carboxylic acids is 4. The maximum absolute atomic E-state index is 13.1. The molecule has 0 saturated carbocycles. The van der Waals surface area contributed by atoms with Gasteiger partial charge in [-0.2, -0.15) is 0 Å². The Labute approximate surface area is 619 Å². The molecule has 0 saturated heterocycles. The van der Waals surface area contributed by atoms with Crippen LogP contribution in [0.5, 0.6) is 0 Å². The second-order valence-corrected chi connectivity index (χ2v) is 32.9. The van der Waals surface area contributed by atoms with E-state index in [0.717, 1.165) is 102 Å². The molecule has 0 spiro atoms. The number of phosphoric acid groups is 2. The van der Waals surface area contributed by atoms with E-state index >= 15 is 0 Å². The molecule has 101 heavy (non-hydrogen) atoms. The van der Waals surface area contributed by atoms with Crippen LogP contribution in [0.4, 0.5) is 0 Å². The van der Waals surface area contributed by atoms with Crippen molar-refractivity contribution in [3.63, 3.8) is 0 Å². The fraction of sp³-hybridized carbons (Fsp3) is 0.951. The van der Waals surface area contributed by atoms with Crippen molar-refractivity contribution in [2.24, 2.45) is 5.92 Å². The highest BCUT2D eigenvalue weighted by Gasteiger charge is 2.30. The minimum atomic E-state index is -4.96. The zero-order valence-electron chi connectivity index (χ0n) is 66.1. The van der Waals surface area contributed by atoms with Crippen molar-refractivity contribution in [1.82, 2.24) is 0 Å². The van der Waals surface area contributed by atoms with Crippen LogP contribution in [0, 0.1) is 5.92 Å². The number of carbonyl (C=O) groups is 4. The molecule has 0 aromatic rings. The lowest BCUT2D eigenvalue weighted by Gasteiger charge is -2.21. The molecule has 0 heterocycles. The predicted octanol–water partition coefficient (Wildman–Crippen LogP) is 24.8. The molecule has 0 aliphatic heterocycles. The van der Waals surface area contributed by atoms with Crippen LogP contribution in [0.1, 0.15) is 439 Å². The van der Waals surface area contributed by atoms with E-state index in [0.29, 0.717) is 25.7 Å². The van der Waals surface area contributed by atoms with Crippen molar-refractivity contribution in [2.45, 2.75) is 457 Å². The SMILES string of the molecule is CCCCCCCCCCCCCCCCCCCCCC(=O)O[C@H](COC(=O)CCCCCCCCCCCCCCCCCCCC)COP(=O)(O)OC[C@@H](O)COP(=O)(O)OC[C@@H](COC(=O)CCCCCCCCCC)OC(=O)CCCCCCCCCCCCCCCC(C)C. The molecule has 3 N–H and O–H groups in total. The molecule has 0 rings (SSSR count). The summed E-state index contributed by atoms with van der Waals surface area (Å²) in [4.78, 5) is 73.0. The highest BCUT2D eigenvalue weighted by atomic mass is 31.2. The Bertz CT molecular complexity index is 1930. The number of aliphatic hydroxyl groups excluding tert-OH is 1. The molecule has 0 aliphatic rings. The molecule has 0 aliphatic carbocycles. The van der Waals surface area contributed by atoms with Crippen molar-refractivity contribution in [3.05, 3.63) is 0 Å². The number of rotatable bonds is 82. The van der Waals surface area contributed by atoms with Gasteiger partial charge in [-0.25, -0.2) is 9.13 Å². The lowest BCUT2D eigenvalue weighted by molar-refractivity contribution is -0.161. The average Bonchev–Trinajstić information content (AvgIpc) is 1.01. The molecular weight excluding hydrogens is 1320 g/mol. The van der Waals surface area contributed by atoms with Crippen LogP contribution in [0.2, 0.25) is 0 Å². The number of esters is 4. The van der Waals surface area contributed by atoms with E-state index in [2.05, 4.69) is 34.6 Å². The quantitative estimate of drug-likeness (QED) is 0.0222. The largest absolute Gasteiger partial charge is 0.472 e. The number of hydrogen-bond donors (Lipinski definition) is 3. The van der Waals surface area contributed by atoms with Gasteiger partial charge in [0.1, 0.15) is 19.3 Å². The van der Waals surface area contributed by atoms with Crippen LogP contribution in [0.3, 0.4) is 0 Å². The summed E-state index contributed by atoms with van der Waals surface area (Å²) in [5, 5.41) is 10.6. The molecular formula is C82H160O17P2. The van der Waals surface area contributed by atoms with Gasteiger partial charge < -0.3 is 33.8 Å². The highest BCUT2D eigenvalue weighted by Crippen LogP contribution is 2.45. The van der Waals surface area contributed by atoms with E-state index < -0.39 is 97.5 Å². The van der Waals surface area contributed by atoms with E-state index in [1.165, 1.54) is 257 Å². The van der Waals surface area contributed by atoms with Gasteiger partial charge in [-0.05, 0) is 31.6 Å². The number of unbranched alkanes of at least 4 members (excludes halogenated alkanes) is 54. The number of ether oxygens (including phenoxy) is 4. The first-order chi connectivity index (χ1) is 49.0. The van der Waals surface area contributed by atoms with Crippen LogP contribution in [-0.4, -0.2) is 96.7 Å². The van der Waals surface area contributed by atoms with Crippen molar-refractivity contribution >= 4 is 39.5 Å². The zero-order valence-corrected chi connectivity index (χ0v) is 67.8. The Morgan fingerprint density at radius 3 is 0.673 bits per heavy atom. The maximum atomic E-state index is 13.1. The van der Waals surface area contributed by atoms with Gasteiger partial charge in [0.2, 0.25) is 0 Å². The van der Waals surface area contributed by atoms with E-state index in [9.17, 15) is 43.2 Å². The molecule has 0 amide bonds. The highest BCUT2D eigenvalue weighted by molar-refractivity contribution is 7.47. The van der Waals surface area contributed by atoms with Crippen molar-refractivity contribution in [1.29, 1.82) is 0 Å². The molecule has 0 radical (unpaired) electrons. The molecule has 0 fully saturated rings. The summed E-state index contributed by atoms with van der Waals surface area (Å²) in [6.07, 6.45) is 66.7. The van der Waals surface area contributed by atoms with Crippen LogP contribution >= 0.6 is 15.6 Å². The normalized spacial score (nSPS) is 13.8. The Morgan fingerprint density at radius 1 is 0.267 bits per heavy atom. The van der Waals surface area contributed by atoms with Gasteiger partial charge in [-0.3, -0.25) is 37.3 Å². The summed E-state index contributed by atoms with van der Waals surface area (Å²) in [5.74, 6) is -1.32. The first kappa shape index (κ1) is 99.1. The molecule has 19 heteroatoms. The van der Waals surface area contributed by atoms with E-state index in [1.807, 2.05) is 0 Å². The van der Waals surface area contributed by atoms with Crippen molar-refractivity contribution in [3.8, 4) is 0 Å². The molecule has 17 nitrogen and oxygen atoms in total. The summed E-state index contributed by atoms with van der Waals surface area (Å²) in [6.45, 7) is 7.33. The first-order valence-electron chi connectivity index (χ1n) is 42.6. The average molecular weight is 1480 g/mol. The van der Waals surface area contributed by atoms with E-state index in [1.54, 1.807) is 0 Å². The Morgan fingerprint density at radius 2 is 0.455 bits per heavy atom.